The summed E-state index contributed by atoms with van der Waals surface area (Å²) in [5.41, 5.74) is 16.4. The molecule has 0 aromatic rings. The van der Waals surface area contributed by atoms with E-state index in [9.17, 15) is 24.7 Å². The molecular weight excluding hydrogens is 1040 g/mol. The minimum absolute atomic E-state index is 0.0178. The molecule has 3 unspecified atom stereocenters. The molecule has 0 spiro atoms. The van der Waals surface area contributed by atoms with Crippen LogP contribution in [0.4, 0.5) is 0 Å². The Bertz CT molecular complexity index is 1500. The Hall–Kier alpha value is -4.08. The highest BCUT2D eigenvalue weighted by Gasteiger charge is 2.35. The van der Waals surface area contributed by atoms with Crippen LogP contribution in [0, 0.1) is 0 Å². The number of ether oxygens (including phenoxy) is 22. The third-order valence-electron chi connectivity index (χ3n) is 9.57. The molecule has 444 valence electrons. The molecule has 0 amide bonds. The van der Waals surface area contributed by atoms with Crippen LogP contribution < -0.4 is 0 Å². The average Bonchev–Trinajstić information content (AvgIpc) is 3.42. The Morgan fingerprint density at radius 1 is 0.312 bits per heavy atom. The van der Waals surface area contributed by atoms with Crippen LogP contribution in [0.3, 0.4) is 0 Å². The number of hydrogen-bond donors (Lipinski definition) is 0. The number of carbonyl (C=O) groups is 4. The molecule has 3 aliphatic heterocycles. The molecule has 0 N–H and O–H groups in total. The maximum Gasteiger partial charge on any atom is 0.482 e. The fourth-order valence-electron chi connectivity index (χ4n) is 5.78. The van der Waals surface area contributed by atoms with Crippen LogP contribution in [-0.2, 0) is 123 Å². The molecule has 0 aromatic carbocycles. The standard InChI is InChI=1S/C29H50N2O16.C18H30N2O10/c30-31-27(28(32)46-23-25-21-42-15-13-38-7-5-34-1-3-36-9-11-40-17-19-44-25)29(33)47-24-26-22-43-16-14-39-8-6-35-2-4-37-10-12-41-18-20-45-26;1-2-28-17(21)16(20-19)18(22)30-14-15-13-27-10-9-25-6-5-23-3-4-24-7-8-26-11-12-29-15/h25-26H,1-24H2;15H,2-14H2,1H3. The summed E-state index contributed by atoms with van der Waals surface area (Å²) in [6, 6.07) is 0. The second kappa shape index (κ2) is 51.4. The van der Waals surface area contributed by atoms with Crippen molar-refractivity contribution in [3.8, 4) is 0 Å². The van der Waals surface area contributed by atoms with Crippen LogP contribution in [0.1, 0.15) is 6.92 Å². The molecule has 0 aliphatic carbocycles. The molecule has 3 rings (SSSR count). The lowest BCUT2D eigenvalue weighted by atomic mass is 10.3. The van der Waals surface area contributed by atoms with Crippen molar-refractivity contribution in [1.29, 1.82) is 0 Å². The second-order valence-corrected chi connectivity index (χ2v) is 15.5. The minimum atomic E-state index is -1.21. The number of esters is 4. The summed E-state index contributed by atoms with van der Waals surface area (Å²) in [5, 5.41) is 0. The Balaban J connectivity index is 0.000000582. The van der Waals surface area contributed by atoms with E-state index in [2.05, 4.69) is 14.3 Å². The molecular formula is C47H80N4O26. The normalized spacial score (nSPS) is 22.8. The SMILES string of the molecule is CCOC(=O)C(=[N+]=[N-])C(=O)OCC1COCCOCCOCCOCCOCCO1.[N-]=[N+]=C(C(=O)OCC1COCCOCCOCCOCCOCCO1)C(=O)OCC1COCCOCCOCCOCCOCCO1. The summed E-state index contributed by atoms with van der Waals surface area (Å²) in [7, 11) is 0. The zero-order valence-corrected chi connectivity index (χ0v) is 44.3. The maximum atomic E-state index is 12.6. The fraction of sp³-hybridized carbons (Fsp3) is 0.872. The van der Waals surface area contributed by atoms with Gasteiger partial charge in [0.25, 0.3) is 0 Å². The van der Waals surface area contributed by atoms with Gasteiger partial charge in [-0.05, 0) is 6.92 Å². The van der Waals surface area contributed by atoms with Gasteiger partial charge in [-0.15, -0.1) is 0 Å². The number of rotatable bonds is 11. The van der Waals surface area contributed by atoms with Gasteiger partial charge in [0.2, 0.25) is 0 Å². The molecule has 3 atom stereocenters. The predicted molar refractivity (Wildman–Crippen MR) is 258 cm³/mol. The Labute approximate surface area is 448 Å². The molecule has 77 heavy (non-hydrogen) atoms. The largest absolute Gasteiger partial charge is 0.482 e. The summed E-state index contributed by atoms with van der Waals surface area (Å²) < 4.78 is 119. The van der Waals surface area contributed by atoms with Gasteiger partial charge in [0.15, 0.2) is 0 Å². The van der Waals surface area contributed by atoms with Crippen molar-refractivity contribution in [3.05, 3.63) is 11.1 Å². The Morgan fingerprint density at radius 2 is 0.494 bits per heavy atom. The molecule has 3 fully saturated rings. The van der Waals surface area contributed by atoms with Crippen molar-refractivity contribution < 1.29 is 133 Å². The van der Waals surface area contributed by atoms with Gasteiger partial charge < -0.3 is 115 Å². The molecule has 0 saturated carbocycles. The van der Waals surface area contributed by atoms with Crippen molar-refractivity contribution in [2.75, 3.05) is 244 Å². The molecule has 3 saturated heterocycles. The molecule has 0 radical (unpaired) electrons. The lowest BCUT2D eigenvalue weighted by molar-refractivity contribution is -0.156. The number of nitrogens with zero attached hydrogens (tertiary/aromatic N) is 4. The number of carbonyl (C=O) groups excluding carboxylic acids is 4. The third kappa shape index (κ3) is 39.9. The summed E-state index contributed by atoms with van der Waals surface area (Å²) in [6.07, 6.45) is -2.04. The first kappa shape index (κ1) is 69.0. The van der Waals surface area contributed by atoms with Crippen LogP contribution in [0.5, 0.6) is 0 Å². The van der Waals surface area contributed by atoms with Crippen LogP contribution in [0.2, 0.25) is 0 Å². The van der Waals surface area contributed by atoms with Gasteiger partial charge in [-0.1, -0.05) is 0 Å². The van der Waals surface area contributed by atoms with Gasteiger partial charge >= 0.3 is 35.3 Å². The van der Waals surface area contributed by atoms with E-state index in [4.69, 9.17) is 105 Å². The summed E-state index contributed by atoms with van der Waals surface area (Å²) in [6.45, 7) is 11.9. The number of hydrogen-bond acceptors (Lipinski definition) is 26. The van der Waals surface area contributed by atoms with E-state index < -0.39 is 53.6 Å². The summed E-state index contributed by atoms with van der Waals surface area (Å²) in [5.74, 6) is -4.63. The van der Waals surface area contributed by atoms with E-state index in [0.29, 0.717) is 152 Å². The van der Waals surface area contributed by atoms with E-state index >= 15 is 0 Å². The Morgan fingerprint density at radius 3 is 0.688 bits per heavy atom. The highest BCUT2D eigenvalue weighted by atomic mass is 16.6. The lowest BCUT2D eigenvalue weighted by Crippen LogP contribution is -2.36. The summed E-state index contributed by atoms with van der Waals surface area (Å²) in [4.78, 5) is 54.2. The van der Waals surface area contributed by atoms with Crippen LogP contribution in [-0.4, -0.2) is 308 Å². The topological polar surface area (TPSA) is 344 Å². The Kier molecular flexibility index (Phi) is 46.0. The van der Waals surface area contributed by atoms with Gasteiger partial charge in [-0.3, -0.25) is 0 Å². The van der Waals surface area contributed by atoms with Gasteiger partial charge in [-0.2, -0.15) is 9.58 Å². The third-order valence-corrected chi connectivity index (χ3v) is 9.57. The van der Waals surface area contributed by atoms with Crippen molar-refractivity contribution in [1.82, 2.24) is 0 Å². The second-order valence-electron chi connectivity index (χ2n) is 15.5. The quantitative estimate of drug-likeness (QED) is 0.0537. The molecule has 0 bridgehead atoms. The van der Waals surface area contributed by atoms with Crippen molar-refractivity contribution in [2.45, 2.75) is 25.2 Å². The van der Waals surface area contributed by atoms with Crippen molar-refractivity contribution in [2.24, 2.45) is 0 Å². The molecule has 3 heterocycles. The highest BCUT2D eigenvalue weighted by Crippen LogP contribution is 2.03. The van der Waals surface area contributed by atoms with E-state index in [1.807, 2.05) is 0 Å². The highest BCUT2D eigenvalue weighted by molar-refractivity contribution is 6.60. The zero-order valence-electron chi connectivity index (χ0n) is 44.3. The van der Waals surface area contributed by atoms with E-state index in [-0.39, 0.29) is 92.5 Å². The minimum Gasteiger partial charge on any atom is -0.457 e. The average molecular weight is 1120 g/mol. The van der Waals surface area contributed by atoms with Gasteiger partial charge in [0, 0.05) is 0 Å². The van der Waals surface area contributed by atoms with Gasteiger partial charge in [-0.25, -0.2) is 19.2 Å². The molecule has 0 aromatic heterocycles. The van der Waals surface area contributed by atoms with Crippen molar-refractivity contribution in [3.63, 3.8) is 0 Å². The van der Waals surface area contributed by atoms with Gasteiger partial charge in [0.1, 0.15) is 38.1 Å². The van der Waals surface area contributed by atoms with Crippen LogP contribution >= 0.6 is 0 Å². The monoisotopic (exact) mass is 1120 g/mol. The lowest BCUT2D eigenvalue weighted by Gasteiger charge is -2.19. The first-order valence-corrected chi connectivity index (χ1v) is 25.5. The molecule has 30 heteroatoms. The van der Waals surface area contributed by atoms with E-state index in [1.54, 1.807) is 6.92 Å². The van der Waals surface area contributed by atoms with Gasteiger partial charge in [0.05, 0.1) is 225 Å². The molecule has 3 aliphatic rings. The van der Waals surface area contributed by atoms with E-state index in [1.165, 1.54) is 0 Å². The first-order valence-electron chi connectivity index (χ1n) is 25.5. The fourth-order valence-corrected chi connectivity index (χ4v) is 5.78. The maximum absolute atomic E-state index is 12.6. The van der Waals surface area contributed by atoms with Crippen LogP contribution in [0.25, 0.3) is 11.1 Å². The zero-order chi connectivity index (χ0) is 55.3. The predicted octanol–water partition coefficient (Wildman–Crippen LogP) is -2.05. The van der Waals surface area contributed by atoms with Crippen LogP contribution in [0.15, 0.2) is 0 Å². The first-order chi connectivity index (χ1) is 37.9. The molecule has 30 nitrogen and oxygen atoms in total. The smallest absolute Gasteiger partial charge is 0.457 e. The summed E-state index contributed by atoms with van der Waals surface area (Å²) >= 11 is 0. The van der Waals surface area contributed by atoms with E-state index in [0.717, 1.165) is 0 Å². The van der Waals surface area contributed by atoms with Crippen molar-refractivity contribution >= 4 is 35.3 Å².